The number of nitrogens with zero attached hydrogens (tertiary/aromatic N) is 1. The number of aryl methyl sites for hydroxylation is 1. The zero-order chi connectivity index (χ0) is 21.2. The van der Waals surface area contributed by atoms with Crippen molar-refractivity contribution in [3.8, 4) is 0 Å². The van der Waals surface area contributed by atoms with E-state index in [1.165, 1.54) is 48.6 Å². The minimum Gasteiger partial charge on any atom is -0.384 e. The summed E-state index contributed by atoms with van der Waals surface area (Å²) in [6, 6.07) is 4.89. The minimum atomic E-state index is -1.51. The van der Waals surface area contributed by atoms with Gasteiger partial charge in [-0.1, -0.05) is 0 Å². The first kappa shape index (κ1) is 21.4. The molecule has 29 heavy (non-hydrogen) atoms. The Labute approximate surface area is 173 Å². The molecule has 1 unspecified atom stereocenters. The molecule has 7 nitrogen and oxygen atoms in total. The largest absolute Gasteiger partial charge is 0.384 e. The fraction of sp³-hybridized carbons (Fsp3) is 0.429. The van der Waals surface area contributed by atoms with Gasteiger partial charge in [-0.25, -0.2) is 14.1 Å². The fourth-order valence-corrected chi connectivity index (χ4v) is 4.37. The number of hydrogen-bond donors (Lipinski definition) is 4. The highest BCUT2D eigenvalue weighted by Crippen LogP contribution is 2.38. The number of fused-ring (bicyclic) bond motifs is 3. The number of anilines is 1. The van der Waals surface area contributed by atoms with Gasteiger partial charge < -0.3 is 16.2 Å². The van der Waals surface area contributed by atoms with Crippen molar-refractivity contribution in [3.05, 3.63) is 52.3 Å². The van der Waals surface area contributed by atoms with Crippen molar-refractivity contribution in [2.75, 3.05) is 5.32 Å². The van der Waals surface area contributed by atoms with Crippen molar-refractivity contribution < 1.29 is 14.1 Å². The molecular formula is C21H28N4O3S. The SMILES string of the molecule is CC(C)(O)c1ccc(S(N)=O)cn1.NC(=O)Nc1cc2c(c3c1CCC3)CCC2. The molecule has 156 valence electrons. The van der Waals surface area contributed by atoms with E-state index in [1.54, 1.807) is 31.5 Å². The second kappa shape index (κ2) is 8.61. The number of pyridine rings is 1. The van der Waals surface area contributed by atoms with Crippen molar-refractivity contribution in [2.24, 2.45) is 10.9 Å². The van der Waals surface area contributed by atoms with Crippen LogP contribution < -0.4 is 16.2 Å². The van der Waals surface area contributed by atoms with Crippen molar-refractivity contribution in [2.45, 2.75) is 62.9 Å². The molecule has 2 aliphatic carbocycles. The monoisotopic (exact) mass is 416 g/mol. The van der Waals surface area contributed by atoms with Gasteiger partial charge in [0.25, 0.3) is 0 Å². The maximum Gasteiger partial charge on any atom is 0.316 e. The van der Waals surface area contributed by atoms with Crippen LogP contribution in [0.25, 0.3) is 0 Å². The third kappa shape index (κ3) is 5.01. The molecule has 0 spiro atoms. The van der Waals surface area contributed by atoms with E-state index in [0.29, 0.717) is 10.6 Å². The van der Waals surface area contributed by atoms with E-state index in [2.05, 4.69) is 16.4 Å². The maximum atomic E-state index is 11.0. The van der Waals surface area contributed by atoms with Gasteiger partial charge in [-0.15, -0.1) is 0 Å². The number of nitrogens with one attached hydrogen (secondary N) is 1. The Bertz CT molecular complexity index is 936. The first-order valence-electron chi connectivity index (χ1n) is 9.75. The molecule has 0 radical (unpaired) electrons. The minimum absolute atomic E-state index is 0.452. The van der Waals surface area contributed by atoms with Gasteiger partial charge in [-0.3, -0.25) is 4.98 Å². The third-order valence-electron chi connectivity index (χ3n) is 5.34. The van der Waals surface area contributed by atoms with E-state index in [4.69, 9.17) is 10.9 Å². The Morgan fingerprint density at radius 3 is 2.38 bits per heavy atom. The molecule has 1 aromatic heterocycles. The lowest BCUT2D eigenvalue weighted by Crippen LogP contribution is -2.20. The predicted octanol–water partition coefficient (Wildman–Crippen LogP) is 2.44. The smallest absolute Gasteiger partial charge is 0.316 e. The summed E-state index contributed by atoms with van der Waals surface area (Å²) in [5, 5.41) is 17.5. The molecule has 8 heteroatoms. The zero-order valence-corrected chi connectivity index (χ0v) is 17.6. The van der Waals surface area contributed by atoms with Gasteiger partial charge in [0.05, 0.1) is 10.6 Å². The highest BCUT2D eigenvalue weighted by Gasteiger charge is 2.24. The maximum absolute atomic E-state index is 11.0. The summed E-state index contributed by atoms with van der Waals surface area (Å²) in [6.07, 6.45) is 8.49. The first-order valence-corrected chi connectivity index (χ1v) is 11.0. The van der Waals surface area contributed by atoms with Crippen LogP contribution in [0.3, 0.4) is 0 Å². The normalized spacial score (nSPS) is 15.7. The number of aliphatic hydroxyl groups is 1. The Morgan fingerprint density at radius 2 is 1.79 bits per heavy atom. The summed E-state index contributed by atoms with van der Waals surface area (Å²) in [5.41, 5.74) is 11.5. The number of urea groups is 1. The molecular weight excluding hydrogens is 388 g/mol. The predicted molar refractivity (Wildman–Crippen MR) is 114 cm³/mol. The molecule has 6 N–H and O–H groups in total. The van der Waals surface area contributed by atoms with Gasteiger partial charge in [0.1, 0.15) is 16.6 Å². The molecule has 1 heterocycles. The summed E-state index contributed by atoms with van der Waals surface area (Å²) in [6.45, 7) is 3.27. The lowest BCUT2D eigenvalue weighted by atomic mass is 9.98. The Hall–Kier alpha value is -2.29. The fourth-order valence-electron chi connectivity index (χ4n) is 4.01. The molecule has 2 aromatic rings. The van der Waals surface area contributed by atoms with E-state index >= 15 is 0 Å². The van der Waals surface area contributed by atoms with Gasteiger partial charge in [0.2, 0.25) is 0 Å². The van der Waals surface area contributed by atoms with Crippen LogP contribution in [0.1, 0.15) is 54.6 Å². The molecule has 1 aromatic carbocycles. The van der Waals surface area contributed by atoms with Gasteiger partial charge in [0.15, 0.2) is 0 Å². The summed E-state index contributed by atoms with van der Waals surface area (Å²) < 4.78 is 10.8. The van der Waals surface area contributed by atoms with E-state index in [1.807, 2.05) is 0 Å². The summed E-state index contributed by atoms with van der Waals surface area (Å²) in [5.74, 6) is 0. The van der Waals surface area contributed by atoms with Crippen molar-refractivity contribution in [1.29, 1.82) is 0 Å². The van der Waals surface area contributed by atoms with Crippen LogP contribution >= 0.6 is 0 Å². The Kier molecular flexibility index (Phi) is 6.36. The number of carbonyl (C=O) groups excluding carboxylic acids is 1. The highest BCUT2D eigenvalue weighted by molar-refractivity contribution is 7.82. The summed E-state index contributed by atoms with van der Waals surface area (Å²) >= 11 is 0. The van der Waals surface area contributed by atoms with E-state index in [-0.39, 0.29) is 0 Å². The van der Waals surface area contributed by atoms with Crippen LogP contribution in [0.4, 0.5) is 10.5 Å². The second-order valence-corrected chi connectivity index (χ2v) is 9.02. The molecule has 2 amide bonds. The quantitative estimate of drug-likeness (QED) is 0.612. The number of carbonyl (C=O) groups is 1. The lowest BCUT2D eigenvalue weighted by molar-refractivity contribution is 0.0737. The number of primary amides is 1. The van der Waals surface area contributed by atoms with Crippen LogP contribution in [0.2, 0.25) is 0 Å². The average Bonchev–Trinajstić information content (AvgIpc) is 3.30. The average molecular weight is 417 g/mol. The number of nitrogens with two attached hydrogens (primary N) is 2. The van der Waals surface area contributed by atoms with Crippen molar-refractivity contribution in [1.82, 2.24) is 4.98 Å². The van der Waals surface area contributed by atoms with Gasteiger partial charge in [0, 0.05) is 11.9 Å². The molecule has 4 rings (SSSR count). The lowest BCUT2D eigenvalue weighted by Gasteiger charge is -2.15. The van der Waals surface area contributed by atoms with Crippen LogP contribution in [-0.2, 0) is 42.3 Å². The van der Waals surface area contributed by atoms with E-state index in [0.717, 1.165) is 18.5 Å². The molecule has 0 aliphatic heterocycles. The van der Waals surface area contributed by atoms with Gasteiger partial charge >= 0.3 is 6.03 Å². The third-order valence-corrected chi connectivity index (χ3v) is 6.05. The van der Waals surface area contributed by atoms with E-state index in [9.17, 15) is 14.1 Å². The second-order valence-electron chi connectivity index (χ2n) is 7.95. The first-order chi connectivity index (χ1) is 13.7. The molecule has 0 saturated carbocycles. The Balaban J connectivity index is 0.000000170. The van der Waals surface area contributed by atoms with Crippen LogP contribution in [0.15, 0.2) is 29.3 Å². The molecule has 0 fully saturated rings. The molecule has 0 saturated heterocycles. The Morgan fingerprint density at radius 1 is 1.14 bits per heavy atom. The summed E-state index contributed by atoms with van der Waals surface area (Å²) in [7, 11) is -1.51. The zero-order valence-electron chi connectivity index (χ0n) is 16.8. The molecule has 1 atom stereocenters. The van der Waals surface area contributed by atoms with Gasteiger partial charge in [-0.2, -0.15) is 0 Å². The number of rotatable bonds is 3. The van der Waals surface area contributed by atoms with Gasteiger partial charge in [-0.05, 0) is 92.8 Å². The highest BCUT2D eigenvalue weighted by atomic mass is 32.2. The standard InChI is InChI=1S/C13H16N2O.C8H12N2O2S/c14-13(16)15-12-7-8-3-1-4-9(8)10-5-2-6-11(10)12;1-8(2,11)7-4-3-6(5-10-7)13(9)12/h7H,1-6H2,(H3,14,15,16);3-5,11H,9H2,1-2H3. The molecule has 0 bridgehead atoms. The van der Waals surface area contributed by atoms with Crippen LogP contribution in [-0.4, -0.2) is 20.3 Å². The van der Waals surface area contributed by atoms with Crippen LogP contribution in [0.5, 0.6) is 0 Å². The number of amides is 2. The van der Waals surface area contributed by atoms with E-state index < -0.39 is 22.6 Å². The van der Waals surface area contributed by atoms with Crippen molar-refractivity contribution in [3.63, 3.8) is 0 Å². The summed E-state index contributed by atoms with van der Waals surface area (Å²) in [4.78, 5) is 15.4. The van der Waals surface area contributed by atoms with Crippen LogP contribution in [0, 0.1) is 0 Å². The van der Waals surface area contributed by atoms with Crippen molar-refractivity contribution >= 4 is 22.7 Å². The number of benzene rings is 1. The number of aromatic nitrogens is 1. The topological polar surface area (TPSA) is 131 Å². The number of hydrogen-bond acceptors (Lipinski definition) is 4. The molecule has 2 aliphatic rings.